The van der Waals surface area contributed by atoms with Crippen molar-refractivity contribution in [2.45, 2.75) is 51.4 Å². The predicted octanol–water partition coefficient (Wildman–Crippen LogP) is 4.84. The Kier molecular flexibility index (Phi) is 9.03. The number of rotatable bonds is 9. The summed E-state index contributed by atoms with van der Waals surface area (Å²) in [5.74, 6) is 1.49. The van der Waals surface area contributed by atoms with Crippen LogP contribution in [-0.2, 0) is 11.3 Å². The molecule has 5 rings (SSSR count). The largest absolute Gasteiger partial charge is 0.497 e. The van der Waals surface area contributed by atoms with Crippen LogP contribution in [0.25, 0.3) is 12.2 Å². The number of fused-ring (bicyclic) bond motifs is 2. The monoisotopic (exact) mass is 606 g/mol. The molecule has 1 atom stereocenters. The normalized spacial score (nSPS) is 17.8. The number of nitrogens with zero attached hydrogens (tertiary/aromatic N) is 4. The lowest BCUT2D eigenvalue weighted by Gasteiger charge is -2.23. The summed E-state index contributed by atoms with van der Waals surface area (Å²) in [5.41, 5.74) is 3.71. The fourth-order valence-electron chi connectivity index (χ4n) is 5.55. The molecule has 1 aromatic heterocycles. The number of carbonyl (C=O) groups excluding carboxylic acids is 1. The van der Waals surface area contributed by atoms with Gasteiger partial charge in [0.2, 0.25) is 0 Å². The lowest BCUT2D eigenvalue weighted by molar-refractivity contribution is 0.0526. The summed E-state index contributed by atoms with van der Waals surface area (Å²) in [6, 6.07) is 11.9. The van der Waals surface area contributed by atoms with E-state index >= 15 is 0 Å². The molecule has 0 fully saturated rings. The zero-order valence-corrected chi connectivity index (χ0v) is 26.7. The number of thiazole rings is 1. The first-order chi connectivity index (χ1) is 20.4. The van der Waals surface area contributed by atoms with E-state index < -0.39 is 0 Å². The number of thioether (sulfide) groups is 1. The number of hydrogen-bond acceptors (Lipinski definition) is 9. The van der Waals surface area contributed by atoms with Crippen LogP contribution in [0.4, 0.5) is 17.1 Å². The minimum Gasteiger partial charge on any atom is -0.497 e. The van der Waals surface area contributed by atoms with Gasteiger partial charge in [-0.3, -0.25) is 9.36 Å². The molecule has 0 saturated heterocycles. The molecule has 3 aromatic rings. The minimum absolute atomic E-state index is 0.0158. The third-order valence-electron chi connectivity index (χ3n) is 7.55. The quantitative estimate of drug-likeness (QED) is 0.321. The van der Waals surface area contributed by atoms with Crippen LogP contribution in [0.5, 0.6) is 5.75 Å². The van der Waals surface area contributed by atoms with Gasteiger partial charge in [0.25, 0.3) is 5.56 Å². The number of hydrogen-bond donors (Lipinski definition) is 0. The average Bonchev–Trinajstić information content (AvgIpc) is 3.62. The average molecular weight is 607 g/mol. The van der Waals surface area contributed by atoms with Gasteiger partial charge in [0.15, 0.2) is 0 Å². The third kappa shape index (κ3) is 5.33. The minimum atomic E-state index is -0.324. The zero-order chi connectivity index (χ0) is 30.0. The Morgan fingerprint density at radius 1 is 0.905 bits per heavy atom. The van der Waals surface area contributed by atoms with Crippen LogP contribution in [0.15, 0.2) is 58.0 Å². The fraction of sp³-hybridized carbons (Fsp3) is 0.375. The molecule has 0 amide bonds. The van der Waals surface area contributed by atoms with E-state index in [9.17, 15) is 9.59 Å². The highest BCUT2D eigenvalue weighted by molar-refractivity contribution is 8.00. The number of ether oxygens (including phenoxy) is 2. The maximum Gasteiger partial charge on any atom is 0.338 e. The second-order valence-electron chi connectivity index (χ2n) is 9.75. The molecule has 0 spiro atoms. The molecule has 1 unspecified atom stereocenters. The first-order valence-electron chi connectivity index (χ1n) is 14.5. The van der Waals surface area contributed by atoms with Gasteiger partial charge < -0.3 is 24.2 Å². The van der Waals surface area contributed by atoms with E-state index in [-0.39, 0.29) is 16.9 Å². The molecule has 2 aliphatic rings. The molecular weight excluding hydrogens is 569 g/mol. The smallest absolute Gasteiger partial charge is 0.338 e. The van der Waals surface area contributed by atoms with Gasteiger partial charge in [-0.1, -0.05) is 11.8 Å². The standard InChI is InChI=1S/C32H38N4O4S2/c1-7-33-23-14-12-21(32(38)40-11-5)18-24(23)34(8-2)28(33)17-16-27-31(37)36(10-4)30(42-27)20-29-35(9-3)25-19-22(39-6)13-15-26(25)41-29/h12-20,29H,7-11H2,1-6H3/b27-16+,28-17+,30-20-. The molecule has 42 heavy (non-hydrogen) atoms. The lowest BCUT2D eigenvalue weighted by atomic mass is 10.1. The second-order valence-corrected chi connectivity index (χ2v) is 12.0. The summed E-state index contributed by atoms with van der Waals surface area (Å²) in [4.78, 5) is 33.9. The van der Waals surface area contributed by atoms with Crippen molar-refractivity contribution in [1.82, 2.24) is 4.57 Å². The highest BCUT2D eigenvalue weighted by Crippen LogP contribution is 2.45. The van der Waals surface area contributed by atoms with E-state index in [0.29, 0.717) is 23.2 Å². The molecule has 0 bridgehead atoms. The van der Waals surface area contributed by atoms with Gasteiger partial charge in [0.1, 0.15) is 16.9 Å². The van der Waals surface area contributed by atoms with Crippen LogP contribution in [0.2, 0.25) is 0 Å². The highest BCUT2D eigenvalue weighted by atomic mass is 32.2. The summed E-state index contributed by atoms with van der Waals surface area (Å²) >= 11 is 3.32. The number of aromatic nitrogens is 1. The SMILES string of the molecule is CCOC(=O)c1ccc2c(c1)N(CC)/C(=C/C=c1/s/c(=C\C3Sc4ccc(OC)cc4N3CC)n(CC)c1=O)N2CC. The molecule has 0 aliphatic carbocycles. The molecule has 0 N–H and O–H groups in total. The van der Waals surface area contributed by atoms with E-state index in [0.717, 1.165) is 52.9 Å². The van der Waals surface area contributed by atoms with Crippen molar-refractivity contribution in [3.8, 4) is 5.75 Å². The van der Waals surface area contributed by atoms with E-state index in [1.807, 2.05) is 54.8 Å². The zero-order valence-electron chi connectivity index (χ0n) is 25.0. The number of benzene rings is 2. The Morgan fingerprint density at radius 2 is 1.67 bits per heavy atom. The van der Waals surface area contributed by atoms with Crippen molar-refractivity contribution in [1.29, 1.82) is 0 Å². The molecule has 222 valence electrons. The first kappa shape index (κ1) is 29.8. The summed E-state index contributed by atoms with van der Waals surface area (Å²) in [6.07, 6.45) is 6.17. The molecule has 10 heteroatoms. The Bertz CT molecular complexity index is 1690. The summed E-state index contributed by atoms with van der Waals surface area (Å²) in [6.45, 7) is 13.4. The first-order valence-corrected chi connectivity index (χ1v) is 16.2. The van der Waals surface area contributed by atoms with Crippen LogP contribution in [-0.4, -0.2) is 49.3 Å². The summed E-state index contributed by atoms with van der Waals surface area (Å²) in [7, 11) is 1.69. The van der Waals surface area contributed by atoms with Crippen molar-refractivity contribution < 1.29 is 14.3 Å². The topological polar surface area (TPSA) is 67.2 Å². The van der Waals surface area contributed by atoms with E-state index in [1.165, 1.54) is 16.2 Å². The molecule has 0 radical (unpaired) electrons. The Hall–Kier alpha value is -3.63. The van der Waals surface area contributed by atoms with Crippen LogP contribution in [0.3, 0.4) is 0 Å². The third-order valence-corrected chi connectivity index (χ3v) is 9.87. The van der Waals surface area contributed by atoms with Crippen LogP contribution in [0.1, 0.15) is 45.0 Å². The molecule has 2 aromatic carbocycles. The van der Waals surface area contributed by atoms with Gasteiger partial charge in [-0.25, -0.2) is 4.79 Å². The Labute approximate surface area is 255 Å². The van der Waals surface area contributed by atoms with Crippen molar-refractivity contribution in [3.05, 3.63) is 73.4 Å². The number of anilines is 3. The highest BCUT2D eigenvalue weighted by Gasteiger charge is 2.31. The number of carbonyl (C=O) groups is 1. The fourth-order valence-corrected chi connectivity index (χ4v) is 8.00. The van der Waals surface area contributed by atoms with E-state index in [1.54, 1.807) is 18.9 Å². The number of esters is 1. The number of methoxy groups -OCH3 is 1. The van der Waals surface area contributed by atoms with Crippen molar-refractivity contribution in [2.75, 3.05) is 48.1 Å². The number of allylic oxidation sites excluding steroid dienone is 1. The molecule has 8 nitrogen and oxygen atoms in total. The van der Waals surface area contributed by atoms with Crippen LogP contribution in [0, 0.1) is 0 Å². The Balaban J connectivity index is 1.53. The van der Waals surface area contributed by atoms with Gasteiger partial charge in [0, 0.05) is 37.1 Å². The van der Waals surface area contributed by atoms with Gasteiger partial charge in [-0.2, -0.15) is 0 Å². The summed E-state index contributed by atoms with van der Waals surface area (Å²) < 4.78 is 14.2. The van der Waals surface area contributed by atoms with Crippen LogP contribution >= 0.6 is 23.1 Å². The second kappa shape index (κ2) is 12.7. The van der Waals surface area contributed by atoms with E-state index in [2.05, 4.69) is 53.7 Å². The maximum absolute atomic E-state index is 13.5. The van der Waals surface area contributed by atoms with Gasteiger partial charge in [-0.15, -0.1) is 11.3 Å². The van der Waals surface area contributed by atoms with Gasteiger partial charge >= 0.3 is 5.97 Å². The van der Waals surface area contributed by atoms with Crippen LogP contribution < -0.4 is 34.2 Å². The molecule has 2 aliphatic heterocycles. The maximum atomic E-state index is 13.5. The van der Waals surface area contributed by atoms with Gasteiger partial charge in [0.05, 0.1) is 45.5 Å². The molecule has 0 saturated carbocycles. The molecule has 3 heterocycles. The molecular formula is C32H38N4O4S2. The Morgan fingerprint density at radius 3 is 2.33 bits per heavy atom. The van der Waals surface area contributed by atoms with Crippen molar-refractivity contribution in [2.24, 2.45) is 0 Å². The van der Waals surface area contributed by atoms with Gasteiger partial charge in [-0.05, 0) is 83.2 Å². The van der Waals surface area contributed by atoms with Crippen molar-refractivity contribution in [3.63, 3.8) is 0 Å². The summed E-state index contributed by atoms with van der Waals surface area (Å²) in [5, 5.41) is 0.0863. The van der Waals surface area contributed by atoms with Crippen molar-refractivity contribution >= 4 is 58.3 Å². The lowest BCUT2D eigenvalue weighted by Crippen LogP contribution is -2.33. The van der Waals surface area contributed by atoms with E-state index in [4.69, 9.17) is 9.47 Å². The predicted molar refractivity (Wildman–Crippen MR) is 175 cm³/mol.